The van der Waals surface area contributed by atoms with E-state index in [9.17, 15) is 14.4 Å². The fraction of sp³-hybridized carbons (Fsp3) is 0.292. The molecule has 1 N–H and O–H groups in total. The second-order valence-corrected chi connectivity index (χ2v) is 8.27. The van der Waals surface area contributed by atoms with Gasteiger partial charge in [-0.3, -0.25) is 4.79 Å². The van der Waals surface area contributed by atoms with Crippen LogP contribution < -0.4 is 15.7 Å². The summed E-state index contributed by atoms with van der Waals surface area (Å²) < 4.78 is 16.0. The first-order valence-corrected chi connectivity index (χ1v) is 9.85. The minimum atomic E-state index is -0.573. The van der Waals surface area contributed by atoms with Crippen LogP contribution in [0.5, 0.6) is 5.75 Å². The van der Waals surface area contributed by atoms with Gasteiger partial charge in [-0.25, -0.2) is 9.59 Å². The van der Waals surface area contributed by atoms with Gasteiger partial charge in [-0.1, -0.05) is 12.1 Å². The molecule has 0 unspecified atom stereocenters. The summed E-state index contributed by atoms with van der Waals surface area (Å²) in [5.74, 6) is -0.363. The first kappa shape index (κ1) is 22.1. The Bertz CT molecular complexity index is 1160. The van der Waals surface area contributed by atoms with Crippen LogP contribution in [0.3, 0.4) is 0 Å². The van der Waals surface area contributed by atoms with E-state index in [1.165, 1.54) is 6.07 Å². The zero-order valence-electron chi connectivity index (χ0n) is 18.0. The highest BCUT2D eigenvalue weighted by Crippen LogP contribution is 2.23. The van der Waals surface area contributed by atoms with Gasteiger partial charge in [0.05, 0.1) is 5.56 Å². The van der Waals surface area contributed by atoms with Crippen molar-refractivity contribution in [2.24, 2.45) is 0 Å². The molecule has 0 aliphatic heterocycles. The fourth-order valence-corrected chi connectivity index (χ4v) is 2.97. The van der Waals surface area contributed by atoms with Crippen molar-refractivity contribution in [2.45, 2.75) is 39.8 Å². The molecule has 31 heavy (non-hydrogen) atoms. The van der Waals surface area contributed by atoms with Crippen LogP contribution in [-0.2, 0) is 16.1 Å². The minimum absolute atomic E-state index is 0.269. The van der Waals surface area contributed by atoms with Gasteiger partial charge in [-0.2, -0.15) is 0 Å². The average molecular weight is 423 g/mol. The molecule has 3 aromatic rings. The molecule has 0 radical (unpaired) electrons. The minimum Gasteiger partial charge on any atom is -0.489 e. The van der Waals surface area contributed by atoms with Crippen molar-refractivity contribution < 1.29 is 23.5 Å². The molecule has 0 spiro atoms. The van der Waals surface area contributed by atoms with Crippen molar-refractivity contribution in [3.05, 3.63) is 75.6 Å². The third-order valence-corrected chi connectivity index (χ3v) is 4.37. The standard InChI is InChI=1S/C24H25NO6/c1-15-11-22(27)31-20-12-18(9-10-19(15)20)29-13-16-5-7-17(8-6-16)23(28)30-14-21(26)25-24(2,3)4/h5-12H,13-14H2,1-4H3,(H,25,26). The molecule has 1 aromatic heterocycles. The van der Waals surface area contributed by atoms with Crippen molar-refractivity contribution in [1.82, 2.24) is 5.32 Å². The molecular weight excluding hydrogens is 398 g/mol. The lowest BCUT2D eigenvalue weighted by atomic mass is 10.1. The summed E-state index contributed by atoms with van der Waals surface area (Å²) in [4.78, 5) is 35.4. The van der Waals surface area contributed by atoms with Gasteiger partial charge in [-0.05, 0) is 63.1 Å². The molecule has 0 fully saturated rings. The van der Waals surface area contributed by atoms with Crippen LogP contribution in [-0.4, -0.2) is 24.0 Å². The third kappa shape index (κ3) is 6.18. The molecule has 0 aliphatic carbocycles. The van der Waals surface area contributed by atoms with E-state index in [0.29, 0.717) is 16.9 Å². The normalized spacial score (nSPS) is 11.2. The van der Waals surface area contributed by atoms with Gasteiger partial charge in [0.25, 0.3) is 5.91 Å². The van der Waals surface area contributed by atoms with Gasteiger partial charge >= 0.3 is 11.6 Å². The molecule has 2 aromatic carbocycles. The monoisotopic (exact) mass is 423 g/mol. The van der Waals surface area contributed by atoms with Crippen molar-refractivity contribution in [3.8, 4) is 5.75 Å². The molecule has 7 heteroatoms. The number of esters is 1. The Labute approximate surface area is 180 Å². The number of aryl methyl sites for hydroxylation is 1. The Morgan fingerprint density at radius 2 is 1.74 bits per heavy atom. The zero-order chi connectivity index (χ0) is 22.6. The van der Waals surface area contributed by atoms with Crippen LogP contribution >= 0.6 is 0 Å². The number of nitrogens with one attached hydrogen (secondary N) is 1. The van der Waals surface area contributed by atoms with Gasteiger partial charge in [0.15, 0.2) is 6.61 Å². The van der Waals surface area contributed by atoms with E-state index >= 15 is 0 Å². The number of carbonyl (C=O) groups excluding carboxylic acids is 2. The summed E-state index contributed by atoms with van der Waals surface area (Å²) in [7, 11) is 0. The Hall–Kier alpha value is -3.61. The lowest BCUT2D eigenvalue weighted by Crippen LogP contribution is -2.42. The lowest BCUT2D eigenvalue weighted by molar-refractivity contribution is -0.125. The first-order chi connectivity index (χ1) is 14.6. The summed E-state index contributed by atoms with van der Waals surface area (Å²) in [5.41, 5.74) is 1.70. The molecule has 162 valence electrons. The van der Waals surface area contributed by atoms with Crippen LogP contribution in [0, 0.1) is 6.92 Å². The maximum Gasteiger partial charge on any atom is 0.338 e. The molecule has 0 saturated carbocycles. The molecule has 1 heterocycles. The number of fused-ring (bicyclic) bond motifs is 1. The van der Waals surface area contributed by atoms with Gasteiger partial charge in [0.1, 0.15) is 17.9 Å². The van der Waals surface area contributed by atoms with Crippen LogP contribution in [0.25, 0.3) is 11.0 Å². The quantitative estimate of drug-likeness (QED) is 0.479. The summed E-state index contributed by atoms with van der Waals surface area (Å²) in [6.07, 6.45) is 0. The summed E-state index contributed by atoms with van der Waals surface area (Å²) in [6, 6.07) is 13.5. The topological polar surface area (TPSA) is 94.8 Å². The van der Waals surface area contributed by atoms with Crippen LogP contribution in [0.2, 0.25) is 0 Å². The average Bonchev–Trinajstić information content (AvgIpc) is 2.69. The van der Waals surface area contributed by atoms with E-state index in [2.05, 4.69) is 5.32 Å². The molecule has 7 nitrogen and oxygen atoms in total. The zero-order valence-corrected chi connectivity index (χ0v) is 18.0. The Kier molecular flexibility index (Phi) is 6.44. The van der Waals surface area contributed by atoms with Gasteiger partial charge < -0.3 is 19.2 Å². The van der Waals surface area contributed by atoms with Crippen molar-refractivity contribution >= 4 is 22.8 Å². The molecule has 0 atom stereocenters. The summed E-state index contributed by atoms with van der Waals surface area (Å²) in [6.45, 7) is 7.33. The predicted octanol–water partition coefficient (Wildman–Crippen LogP) is 3.75. The predicted molar refractivity (Wildman–Crippen MR) is 116 cm³/mol. The number of rotatable bonds is 6. The largest absolute Gasteiger partial charge is 0.489 e. The number of amides is 1. The molecule has 1 amide bonds. The van der Waals surface area contributed by atoms with Gasteiger partial charge in [-0.15, -0.1) is 0 Å². The smallest absolute Gasteiger partial charge is 0.338 e. The Morgan fingerprint density at radius 1 is 1.03 bits per heavy atom. The second-order valence-electron chi connectivity index (χ2n) is 8.27. The number of hydrogen-bond acceptors (Lipinski definition) is 6. The van der Waals surface area contributed by atoms with Gasteiger partial charge in [0, 0.05) is 23.1 Å². The van der Waals surface area contributed by atoms with Crippen LogP contribution in [0.15, 0.2) is 57.7 Å². The maximum atomic E-state index is 12.1. The SMILES string of the molecule is Cc1cc(=O)oc2cc(OCc3ccc(C(=O)OCC(=O)NC(C)(C)C)cc3)ccc12. The Morgan fingerprint density at radius 3 is 2.42 bits per heavy atom. The number of ether oxygens (including phenoxy) is 2. The van der Waals surface area contributed by atoms with Crippen molar-refractivity contribution in [1.29, 1.82) is 0 Å². The number of benzene rings is 2. The van der Waals surface area contributed by atoms with E-state index in [0.717, 1.165) is 16.5 Å². The fourth-order valence-electron chi connectivity index (χ4n) is 2.97. The highest BCUT2D eigenvalue weighted by atomic mass is 16.5. The molecule has 0 saturated heterocycles. The molecule has 0 bridgehead atoms. The van der Waals surface area contributed by atoms with Crippen molar-refractivity contribution in [3.63, 3.8) is 0 Å². The highest BCUT2D eigenvalue weighted by molar-refractivity contribution is 5.91. The van der Waals surface area contributed by atoms with Crippen molar-refractivity contribution in [2.75, 3.05) is 6.61 Å². The van der Waals surface area contributed by atoms with E-state index < -0.39 is 11.6 Å². The molecule has 3 rings (SSSR count). The van der Waals surface area contributed by atoms with Gasteiger partial charge in [0.2, 0.25) is 0 Å². The third-order valence-electron chi connectivity index (χ3n) is 4.37. The molecular formula is C24H25NO6. The summed E-state index contributed by atoms with van der Waals surface area (Å²) in [5, 5.41) is 3.58. The van der Waals surface area contributed by atoms with E-state index in [1.807, 2.05) is 39.8 Å². The Balaban J connectivity index is 1.57. The lowest BCUT2D eigenvalue weighted by Gasteiger charge is -2.20. The first-order valence-electron chi connectivity index (χ1n) is 9.85. The number of carbonyl (C=O) groups is 2. The van der Waals surface area contributed by atoms with Crippen LogP contribution in [0.1, 0.15) is 42.3 Å². The summed E-state index contributed by atoms with van der Waals surface area (Å²) >= 11 is 0. The maximum absolute atomic E-state index is 12.1. The highest BCUT2D eigenvalue weighted by Gasteiger charge is 2.16. The van der Waals surface area contributed by atoms with E-state index in [-0.39, 0.29) is 24.7 Å². The van der Waals surface area contributed by atoms with E-state index in [4.69, 9.17) is 13.9 Å². The second kappa shape index (κ2) is 9.04. The number of hydrogen-bond donors (Lipinski definition) is 1. The van der Waals surface area contributed by atoms with E-state index in [1.54, 1.807) is 30.3 Å². The molecule has 0 aliphatic rings. The van der Waals surface area contributed by atoms with Crippen LogP contribution in [0.4, 0.5) is 0 Å².